The minimum Gasteiger partial charge on any atom is -0.454 e. The highest BCUT2D eigenvalue weighted by atomic mass is 79.9. The second-order valence-corrected chi connectivity index (χ2v) is 6.37. The van der Waals surface area contributed by atoms with Crippen LogP contribution in [0.3, 0.4) is 0 Å². The molecule has 1 aliphatic rings. The summed E-state index contributed by atoms with van der Waals surface area (Å²) in [5.74, 6) is 2.28. The molecule has 2 N–H and O–H groups in total. The molecular formula is C18H20BrN3O2. The Labute approximate surface area is 150 Å². The molecule has 24 heavy (non-hydrogen) atoms. The molecule has 1 aliphatic heterocycles. The summed E-state index contributed by atoms with van der Waals surface area (Å²) >= 11 is 3.51. The van der Waals surface area contributed by atoms with Crippen LogP contribution in [-0.4, -0.2) is 19.8 Å². The molecule has 0 bridgehead atoms. The van der Waals surface area contributed by atoms with Gasteiger partial charge in [-0.15, -0.1) is 0 Å². The first-order chi connectivity index (χ1) is 11.7. The van der Waals surface area contributed by atoms with Crippen LogP contribution in [0.2, 0.25) is 0 Å². The number of nitrogens with zero attached hydrogens (tertiary/aromatic N) is 1. The maximum absolute atomic E-state index is 5.45. The van der Waals surface area contributed by atoms with Crippen molar-refractivity contribution in [3.05, 3.63) is 58.1 Å². The molecule has 126 valence electrons. The Morgan fingerprint density at radius 3 is 2.79 bits per heavy atom. The van der Waals surface area contributed by atoms with E-state index in [1.165, 1.54) is 5.56 Å². The first kappa shape index (κ1) is 16.6. The lowest BCUT2D eigenvalue weighted by Gasteiger charge is -2.18. The molecule has 2 aromatic rings. The summed E-state index contributed by atoms with van der Waals surface area (Å²) in [5, 5.41) is 6.72. The van der Waals surface area contributed by atoms with Crippen molar-refractivity contribution in [2.75, 3.05) is 13.8 Å². The molecule has 6 heteroatoms. The summed E-state index contributed by atoms with van der Waals surface area (Å²) in [5.41, 5.74) is 2.30. The predicted molar refractivity (Wildman–Crippen MR) is 98.5 cm³/mol. The molecule has 3 rings (SSSR count). The lowest BCUT2D eigenvalue weighted by atomic mass is 10.1. The first-order valence-electron chi connectivity index (χ1n) is 7.77. The summed E-state index contributed by atoms with van der Waals surface area (Å²) in [4.78, 5) is 4.29. The molecule has 2 aromatic carbocycles. The van der Waals surface area contributed by atoms with Crippen LogP contribution in [-0.2, 0) is 6.54 Å². The Bertz CT molecular complexity index is 735. The van der Waals surface area contributed by atoms with E-state index in [9.17, 15) is 0 Å². The van der Waals surface area contributed by atoms with Crippen molar-refractivity contribution in [1.29, 1.82) is 0 Å². The Hall–Kier alpha value is -2.21. The molecule has 5 nitrogen and oxygen atoms in total. The average molecular weight is 390 g/mol. The Balaban J connectivity index is 1.62. The van der Waals surface area contributed by atoms with Crippen LogP contribution in [0.4, 0.5) is 0 Å². The fraction of sp³-hybridized carbons (Fsp3) is 0.278. The number of ether oxygens (including phenoxy) is 2. The molecule has 0 saturated heterocycles. The molecule has 0 saturated carbocycles. The highest BCUT2D eigenvalue weighted by molar-refractivity contribution is 9.10. The van der Waals surface area contributed by atoms with Crippen LogP contribution in [0.5, 0.6) is 11.5 Å². The van der Waals surface area contributed by atoms with Gasteiger partial charge in [-0.05, 0) is 46.1 Å². The zero-order valence-electron chi connectivity index (χ0n) is 13.7. The zero-order chi connectivity index (χ0) is 16.9. The normalized spacial score (nSPS) is 14.4. The number of halogens is 1. The number of nitrogens with one attached hydrogen (secondary N) is 2. The number of fused-ring (bicyclic) bond motifs is 1. The highest BCUT2D eigenvalue weighted by Crippen LogP contribution is 2.39. The van der Waals surface area contributed by atoms with Crippen molar-refractivity contribution in [1.82, 2.24) is 10.6 Å². The Kier molecular flexibility index (Phi) is 5.25. The van der Waals surface area contributed by atoms with Gasteiger partial charge in [-0.2, -0.15) is 0 Å². The molecule has 0 fully saturated rings. The van der Waals surface area contributed by atoms with Gasteiger partial charge >= 0.3 is 0 Å². The lowest BCUT2D eigenvalue weighted by molar-refractivity contribution is 0.173. The van der Waals surface area contributed by atoms with E-state index in [2.05, 4.69) is 50.6 Å². The number of rotatable bonds is 4. The largest absolute Gasteiger partial charge is 0.454 e. The van der Waals surface area contributed by atoms with Crippen LogP contribution in [0.25, 0.3) is 0 Å². The van der Waals surface area contributed by atoms with Crippen LogP contribution in [0, 0.1) is 0 Å². The van der Waals surface area contributed by atoms with Crippen molar-refractivity contribution < 1.29 is 9.47 Å². The lowest BCUT2D eigenvalue weighted by Crippen LogP contribution is -2.38. The van der Waals surface area contributed by atoms with Crippen LogP contribution in [0.15, 0.2) is 51.9 Å². The molecule has 0 aromatic heterocycles. The fourth-order valence-electron chi connectivity index (χ4n) is 2.53. The van der Waals surface area contributed by atoms with Gasteiger partial charge in [0.2, 0.25) is 6.79 Å². The molecule has 0 aliphatic carbocycles. The molecule has 1 heterocycles. The van der Waals surface area contributed by atoms with E-state index in [-0.39, 0.29) is 12.8 Å². The van der Waals surface area contributed by atoms with Crippen LogP contribution in [0.1, 0.15) is 24.1 Å². The van der Waals surface area contributed by atoms with Crippen LogP contribution < -0.4 is 20.1 Å². The molecule has 1 unspecified atom stereocenters. The van der Waals surface area contributed by atoms with E-state index in [0.717, 1.165) is 27.5 Å². The molecule has 0 radical (unpaired) electrons. The minimum atomic E-state index is 0.167. The topological polar surface area (TPSA) is 54.9 Å². The summed E-state index contributed by atoms with van der Waals surface area (Å²) in [6.45, 7) is 3.01. The van der Waals surface area contributed by atoms with Crippen molar-refractivity contribution in [2.24, 2.45) is 4.99 Å². The van der Waals surface area contributed by atoms with Gasteiger partial charge in [-0.1, -0.05) is 30.3 Å². The van der Waals surface area contributed by atoms with E-state index >= 15 is 0 Å². The maximum atomic E-state index is 5.45. The predicted octanol–water partition coefficient (Wildman–Crippen LogP) is 3.60. The van der Waals surface area contributed by atoms with Gasteiger partial charge in [0.05, 0.1) is 10.5 Å². The second kappa shape index (κ2) is 7.57. The standard InChI is InChI=1S/C18H20BrN3O2/c1-12(14-6-4-3-5-7-14)22-18(20-2)21-10-13-8-15(19)17-16(9-13)23-11-24-17/h3-9,12H,10-11H2,1-2H3,(H2,20,21,22). The SMILES string of the molecule is CN=C(NCc1cc(Br)c2c(c1)OCO2)NC(C)c1ccccc1. The van der Waals surface area contributed by atoms with E-state index in [1.807, 2.05) is 30.3 Å². The molecule has 0 spiro atoms. The maximum Gasteiger partial charge on any atom is 0.231 e. The Morgan fingerprint density at radius 2 is 2.04 bits per heavy atom. The first-order valence-corrected chi connectivity index (χ1v) is 8.57. The summed E-state index contributed by atoms with van der Waals surface area (Å²) in [7, 11) is 1.77. The van der Waals surface area contributed by atoms with Crippen molar-refractivity contribution in [2.45, 2.75) is 19.5 Å². The quantitative estimate of drug-likeness (QED) is 0.619. The Morgan fingerprint density at radius 1 is 1.25 bits per heavy atom. The smallest absolute Gasteiger partial charge is 0.231 e. The zero-order valence-corrected chi connectivity index (χ0v) is 15.3. The number of benzene rings is 2. The van der Waals surface area contributed by atoms with Crippen molar-refractivity contribution in [3.63, 3.8) is 0 Å². The highest BCUT2D eigenvalue weighted by Gasteiger charge is 2.18. The average Bonchev–Trinajstić information content (AvgIpc) is 3.08. The molecular weight excluding hydrogens is 370 g/mol. The van der Waals surface area contributed by atoms with Crippen molar-refractivity contribution in [3.8, 4) is 11.5 Å². The van der Waals surface area contributed by atoms with Gasteiger partial charge in [-0.3, -0.25) is 4.99 Å². The van der Waals surface area contributed by atoms with Crippen LogP contribution >= 0.6 is 15.9 Å². The number of hydrogen-bond acceptors (Lipinski definition) is 3. The van der Waals surface area contributed by atoms with E-state index < -0.39 is 0 Å². The van der Waals surface area contributed by atoms with E-state index in [4.69, 9.17) is 9.47 Å². The molecule has 0 amide bonds. The fourth-order valence-corrected chi connectivity index (χ4v) is 3.14. The van der Waals surface area contributed by atoms with Gasteiger partial charge < -0.3 is 20.1 Å². The van der Waals surface area contributed by atoms with Gasteiger partial charge in [0.1, 0.15) is 0 Å². The van der Waals surface area contributed by atoms with Gasteiger partial charge in [0.25, 0.3) is 0 Å². The summed E-state index contributed by atoms with van der Waals surface area (Å²) < 4.78 is 11.8. The monoisotopic (exact) mass is 389 g/mol. The van der Waals surface area contributed by atoms with Gasteiger partial charge in [0, 0.05) is 13.6 Å². The number of guanidine groups is 1. The number of hydrogen-bond donors (Lipinski definition) is 2. The third-order valence-corrected chi connectivity index (χ3v) is 4.41. The van der Waals surface area contributed by atoms with E-state index in [1.54, 1.807) is 7.05 Å². The second-order valence-electron chi connectivity index (χ2n) is 5.51. The molecule has 1 atom stereocenters. The van der Waals surface area contributed by atoms with E-state index in [0.29, 0.717) is 6.54 Å². The van der Waals surface area contributed by atoms with Gasteiger partial charge in [-0.25, -0.2) is 0 Å². The van der Waals surface area contributed by atoms with Crippen molar-refractivity contribution >= 4 is 21.9 Å². The summed E-state index contributed by atoms with van der Waals surface area (Å²) in [6, 6.07) is 14.4. The number of aliphatic imine (C=N–C) groups is 1. The third kappa shape index (κ3) is 3.82. The van der Waals surface area contributed by atoms with Gasteiger partial charge in [0.15, 0.2) is 17.5 Å². The third-order valence-electron chi connectivity index (χ3n) is 3.82. The summed E-state index contributed by atoms with van der Waals surface area (Å²) in [6.07, 6.45) is 0. The minimum absolute atomic E-state index is 0.167.